The van der Waals surface area contributed by atoms with Gasteiger partial charge in [-0.3, -0.25) is 9.59 Å². The first-order valence-electron chi connectivity index (χ1n) is 6.78. The molecule has 1 aromatic rings. The van der Waals surface area contributed by atoms with Crippen LogP contribution in [0.1, 0.15) is 48.9 Å². The van der Waals surface area contributed by atoms with E-state index in [2.05, 4.69) is 10.3 Å². The molecule has 108 valence electrons. The predicted molar refractivity (Wildman–Crippen MR) is 72.6 cm³/mol. The number of H-pyrrole nitrogens is 1. The number of carboxylic acid groups (broad SMARTS) is 1. The molecule has 1 aliphatic rings. The van der Waals surface area contributed by atoms with E-state index in [1.165, 1.54) is 18.3 Å². The molecule has 0 radical (unpaired) electrons. The van der Waals surface area contributed by atoms with E-state index in [1.54, 1.807) is 0 Å². The third kappa shape index (κ3) is 3.07. The number of carbonyl (C=O) groups excluding carboxylic acids is 1. The summed E-state index contributed by atoms with van der Waals surface area (Å²) in [6.07, 6.45) is 5.74. The maximum Gasteiger partial charge on any atom is 0.329 e. The Balaban J connectivity index is 2.19. The molecule has 1 aliphatic carbocycles. The largest absolute Gasteiger partial charge is 0.480 e. The number of aromatic amines is 1. The standard InChI is InChI=1S/C14H18N2O4/c17-11-6-5-10(9-15-11)12(18)16-14(13(19)20)7-3-1-2-4-8-14/h5-6,9H,1-4,7-8H2,(H,15,17)(H,16,18)(H,19,20). The molecule has 1 heterocycles. The minimum atomic E-state index is -1.19. The lowest BCUT2D eigenvalue weighted by atomic mass is 9.90. The van der Waals surface area contributed by atoms with Gasteiger partial charge in [0.15, 0.2) is 0 Å². The van der Waals surface area contributed by atoms with Crippen molar-refractivity contribution in [2.45, 2.75) is 44.1 Å². The van der Waals surface area contributed by atoms with Crippen LogP contribution in [0.4, 0.5) is 0 Å². The molecule has 0 atom stereocenters. The monoisotopic (exact) mass is 278 g/mol. The minimum absolute atomic E-state index is 0.259. The Morgan fingerprint density at radius 2 is 1.80 bits per heavy atom. The van der Waals surface area contributed by atoms with Gasteiger partial charge in [-0.25, -0.2) is 4.79 Å². The molecule has 20 heavy (non-hydrogen) atoms. The number of amides is 1. The third-order valence-corrected chi connectivity index (χ3v) is 3.77. The molecule has 0 aliphatic heterocycles. The van der Waals surface area contributed by atoms with Crippen LogP contribution in [0, 0.1) is 0 Å². The first-order valence-corrected chi connectivity index (χ1v) is 6.78. The molecular weight excluding hydrogens is 260 g/mol. The second-order valence-electron chi connectivity index (χ2n) is 5.20. The highest BCUT2D eigenvalue weighted by Crippen LogP contribution is 2.27. The topological polar surface area (TPSA) is 99.3 Å². The zero-order chi connectivity index (χ0) is 14.6. The van der Waals surface area contributed by atoms with Gasteiger partial charge in [0, 0.05) is 12.3 Å². The summed E-state index contributed by atoms with van der Waals surface area (Å²) in [6, 6.07) is 2.63. The summed E-state index contributed by atoms with van der Waals surface area (Å²) in [5.41, 5.74) is -1.23. The number of rotatable bonds is 3. The van der Waals surface area contributed by atoms with Crippen LogP contribution in [0.15, 0.2) is 23.1 Å². The first kappa shape index (κ1) is 14.3. The van der Waals surface area contributed by atoms with Gasteiger partial charge in [-0.1, -0.05) is 25.7 Å². The van der Waals surface area contributed by atoms with E-state index in [1.807, 2.05) is 0 Å². The summed E-state index contributed by atoms with van der Waals surface area (Å²) < 4.78 is 0. The average Bonchev–Trinajstić information content (AvgIpc) is 2.66. The summed E-state index contributed by atoms with van der Waals surface area (Å²) in [5.74, 6) is -1.46. The van der Waals surface area contributed by atoms with Gasteiger partial charge in [-0.05, 0) is 18.9 Å². The number of carboxylic acids is 1. The summed E-state index contributed by atoms with van der Waals surface area (Å²) in [7, 11) is 0. The Kier molecular flexibility index (Phi) is 4.22. The van der Waals surface area contributed by atoms with Crippen molar-refractivity contribution in [2.24, 2.45) is 0 Å². The number of aromatic nitrogens is 1. The van der Waals surface area contributed by atoms with Crippen molar-refractivity contribution in [3.8, 4) is 0 Å². The van der Waals surface area contributed by atoms with E-state index in [4.69, 9.17) is 0 Å². The molecule has 0 aromatic carbocycles. The summed E-state index contributed by atoms with van der Waals surface area (Å²) in [4.78, 5) is 37.1. The van der Waals surface area contributed by atoms with Crippen LogP contribution >= 0.6 is 0 Å². The van der Waals surface area contributed by atoms with E-state index in [0.29, 0.717) is 12.8 Å². The van der Waals surface area contributed by atoms with Crippen LogP contribution in [0.2, 0.25) is 0 Å². The van der Waals surface area contributed by atoms with Crippen LogP contribution in [0.5, 0.6) is 0 Å². The van der Waals surface area contributed by atoms with E-state index >= 15 is 0 Å². The zero-order valence-corrected chi connectivity index (χ0v) is 11.1. The van der Waals surface area contributed by atoms with Gasteiger partial charge < -0.3 is 15.4 Å². The summed E-state index contributed by atoms with van der Waals surface area (Å²) in [6.45, 7) is 0. The van der Waals surface area contributed by atoms with Gasteiger partial charge in [-0.2, -0.15) is 0 Å². The molecule has 1 amide bonds. The number of hydrogen-bond donors (Lipinski definition) is 3. The van der Waals surface area contributed by atoms with Gasteiger partial charge in [0.05, 0.1) is 5.56 Å². The smallest absolute Gasteiger partial charge is 0.329 e. The molecule has 0 bridgehead atoms. The molecule has 0 spiro atoms. The zero-order valence-electron chi connectivity index (χ0n) is 11.1. The molecule has 1 aromatic heterocycles. The second-order valence-corrected chi connectivity index (χ2v) is 5.20. The van der Waals surface area contributed by atoms with Gasteiger partial charge in [-0.15, -0.1) is 0 Å². The van der Waals surface area contributed by atoms with Crippen molar-refractivity contribution >= 4 is 11.9 Å². The Hall–Kier alpha value is -2.11. The third-order valence-electron chi connectivity index (χ3n) is 3.77. The lowest BCUT2D eigenvalue weighted by Gasteiger charge is -2.29. The molecule has 6 nitrogen and oxygen atoms in total. The Morgan fingerprint density at radius 3 is 2.30 bits per heavy atom. The Bertz CT molecular complexity index is 536. The minimum Gasteiger partial charge on any atom is -0.480 e. The molecule has 3 N–H and O–H groups in total. The summed E-state index contributed by atoms with van der Waals surface area (Å²) >= 11 is 0. The fourth-order valence-corrected chi connectivity index (χ4v) is 2.57. The fourth-order valence-electron chi connectivity index (χ4n) is 2.57. The quantitative estimate of drug-likeness (QED) is 0.725. The first-order chi connectivity index (χ1) is 9.53. The van der Waals surface area contributed by atoms with Gasteiger partial charge in [0.2, 0.25) is 5.56 Å². The maximum absolute atomic E-state index is 12.1. The number of hydrogen-bond acceptors (Lipinski definition) is 3. The van der Waals surface area contributed by atoms with Gasteiger partial charge in [0.25, 0.3) is 5.91 Å². The molecule has 1 fully saturated rings. The SMILES string of the molecule is O=C(NC1(C(=O)O)CCCCCC1)c1ccc(=O)[nH]c1. The van der Waals surface area contributed by atoms with E-state index in [9.17, 15) is 19.5 Å². The Morgan fingerprint density at radius 1 is 1.15 bits per heavy atom. The summed E-state index contributed by atoms with van der Waals surface area (Å²) in [5, 5.41) is 12.1. The van der Waals surface area contributed by atoms with Gasteiger partial charge in [0.1, 0.15) is 5.54 Å². The lowest BCUT2D eigenvalue weighted by molar-refractivity contribution is -0.145. The normalized spacial score (nSPS) is 18.0. The van der Waals surface area contributed by atoms with Gasteiger partial charge >= 0.3 is 5.97 Å². The van der Waals surface area contributed by atoms with Crippen LogP contribution in [0.25, 0.3) is 0 Å². The van der Waals surface area contributed by atoms with Crippen LogP contribution in [-0.4, -0.2) is 27.5 Å². The van der Waals surface area contributed by atoms with E-state index in [0.717, 1.165) is 25.7 Å². The average molecular weight is 278 g/mol. The fraction of sp³-hybridized carbons (Fsp3) is 0.500. The van der Waals surface area contributed by atoms with Crippen LogP contribution < -0.4 is 10.9 Å². The highest BCUT2D eigenvalue weighted by atomic mass is 16.4. The van der Waals surface area contributed by atoms with Crippen molar-refractivity contribution in [3.05, 3.63) is 34.2 Å². The van der Waals surface area contributed by atoms with Crippen molar-refractivity contribution in [1.29, 1.82) is 0 Å². The molecule has 2 rings (SSSR count). The predicted octanol–water partition coefficient (Wildman–Crippen LogP) is 1.28. The Labute approximate surface area is 116 Å². The van der Waals surface area contributed by atoms with Crippen molar-refractivity contribution in [2.75, 3.05) is 0 Å². The molecular formula is C14H18N2O4. The van der Waals surface area contributed by atoms with E-state index < -0.39 is 17.4 Å². The molecule has 1 saturated carbocycles. The number of nitrogens with one attached hydrogen (secondary N) is 2. The maximum atomic E-state index is 12.1. The number of pyridine rings is 1. The van der Waals surface area contributed by atoms with Crippen molar-refractivity contribution in [3.63, 3.8) is 0 Å². The van der Waals surface area contributed by atoms with Crippen molar-refractivity contribution < 1.29 is 14.7 Å². The molecule has 0 unspecified atom stereocenters. The second kappa shape index (κ2) is 5.90. The number of aliphatic carboxylic acids is 1. The van der Waals surface area contributed by atoms with E-state index in [-0.39, 0.29) is 11.1 Å². The van der Waals surface area contributed by atoms with Crippen LogP contribution in [-0.2, 0) is 4.79 Å². The highest BCUT2D eigenvalue weighted by molar-refractivity contribution is 5.97. The lowest BCUT2D eigenvalue weighted by Crippen LogP contribution is -2.54. The van der Waals surface area contributed by atoms with Crippen molar-refractivity contribution in [1.82, 2.24) is 10.3 Å². The highest BCUT2D eigenvalue weighted by Gasteiger charge is 2.40. The molecule has 0 saturated heterocycles. The number of carbonyl (C=O) groups is 2. The molecule has 6 heteroatoms. The van der Waals surface area contributed by atoms with Crippen LogP contribution in [0.3, 0.4) is 0 Å².